The highest BCUT2D eigenvalue weighted by Gasteiger charge is 2.49. The van der Waals surface area contributed by atoms with E-state index < -0.39 is 5.41 Å². The molecule has 0 amide bonds. The minimum Gasteiger partial charge on any atom is -0.461 e. The molecular formula is C37H71NO4. The van der Waals surface area contributed by atoms with E-state index in [-0.39, 0.29) is 34.8 Å². The van der Waals surface area contributed by atoms with E-state index in [0.29, 0.717) is 44.1 Å². The second-order valence-electron chi connectivity index (χ2n) is 14.7. The second-order valence-corrected chi connectivity index (χ2v) is 14.7. The summed E-state index contributed by atoms with van der Waals surface area (Å²) in [5.74, 6) is 1.23. The molecular weight excluding hydrogens is 522 g/mol. The van der Waals surface area contributed by atoms with Gasteiger partial charge in [0.25, 0.3) is 0 Å². The zero-order valence-corrected chi connectivity index (χ0v) is 30.2. The third-order valence-corrected chi connectivity index (χ3v) is 9.83. The van der Waals surface area contributed by atoms with Crippen LogP contribution >= 0.6 is 0 Å². The summed E-state index contributed by atoms with van der Waals surface area (Å²) in [4.78, 5) is 29.2. The van der Waals surface area contributed by atoms with E-state index in [9.17, 15) is 9.59 Å². The molecule has 5 nitrogen and oxygen atoms in total. The van der Waals surface area contributed by atoms with Crippen LogP contribution in [0, 0.1) is 34.0 Å². The van der Waals surface area contributed by atoms with Crippen LogP contribution in [0.1, 0.15) is 147 Å². The highest BCUT2D eigenvalue weighted by molar-refractivity contribution is 5.77. The van der Waals surface area contributed by atoms with Crippen molar-refractivity contribution in [3.63, 3.8) is 0 Å². The first-order valence-corrected chi connectivity index (χ1v) is 17.3. The SMILES string of the molecule is CCC(CC)CC(CC)C(OC(=O)CCCN(C)C)C(C)(CC)CC(CC)(CC)C(=O)OCC=CC(C)(C)CC(C)C. The van der Waals surface area contributed by atoms with Crippen LogP contribution in [-0.4, -0.2) is 50.2 Å². The predicted octanol–water partition coefficient (Wildman–Crippen LogP) is 9.88. The van der Waals surface area contributed by atoms with Gasteiger partial charge in [-0.2, -0.15) is 0 Å². The summed E-state index contributed by atoms with van der Waals surface area (Å²) in [5, 5.41) is 0. The molecule has 0 rings (SSSR count). The fourth-order valence-corrected chi connectivity index (χ4v) is 6.93. The average Bonchev–Trinajstić information content (AvgIpc) is 2.92. The first kappa shape index (κ1) is 40.6. The Morgan fingerprint density at radius 3 is 1.93 bits per heavy atom. The zero-order chi connectivity index (χ0) is 32.6. The van der Waals surface area contributed by atoms with Gasteiger partial charge in [-0.05, 0) is 95.2 Å². The van der Waals surface area contributed by atoms with Gasteiger partial charge < -0.3 is 14.4 Å². The third-order valence-electron chi connectivity index (χ3n) is 9.83. The van der Waals surface area contributed by atoms with Gasteiger partial charge in [0.1, 0.15) is 12.7 Å². The molecule has 0 saturated heterocycles. The van der Waals surface area contributed by atoms with Gasteiger partial charge in [-0.1, -0.05) is 101 Å². The zero-order valence-electron chi connectivity index (χ0n) is 30.2. The van der Waals surface area contributed by atoms with Gasteiger partial charge in [-0.3, -0.25) is 9.59 Å². The Morgan fingerprint density at radius 2 is 1.48 bits per heavy atom. The van der Waals surface area contributed by atoms with Crippen molar-refractivity contribution in [2.24, 2.45) is 34.0 Å². The summed E-state index contributed by atoms with van der Waals surface area (Å²) in [5.41, 5.74) is -0.888. The normalized spacial score (nSPS) is 15.8. The molecule has 248 valence electrons. The number of carbonyl (C=O) groups is 2. The topological polar surface area (TPSA) is 55.8 Å². The Hall–Kier alpha value is -1.36. The number of ether oxygens (including phenoxy) is 2. The second kappa shape index (κ2) is 19.8. The van der Waals surface area contributed by atoms with E-state index in [1.165, 1.54) is 0 Å². The average molecular weight is 594 g/mol. The van der Waals surface area contributed by atoms with Crippen molar-refractivity contribution in [1.82, 2.24) is 4.90 Å². The molecule has 0 aliphatic heterocycles. The van der Waals surface area contributed by atoms with E-state index in [2.05, 4.69) is 87.1 Å². The largest absolute Gasteiger partial charge is 0.461 e. The Kier molecular flexibility index (Phi) is 19.2. The van der Waals surface area contributed by atoms with Crippen LogP contribution in [0.15, 0.2) is 12.2 Å². The van der Waals surface area contributed by atoms with E-state index in [4.69, 9.17) is 9.47 Å². The smallest absolute Gasteiger partial charge is 0.312 e. The predicted molar refractivity (Wildman–Crippen MR) is 180 cm³/mol. The molecule has 0 aromatic carbocycles. The molecule has 0 heterocycles. The molecule has 0 saturated carbocycles. The molecule has 0 aromatic heterocycles. The molecule has 3 unspecified atom stereocenters. The summed E-state index contributed by atoms with van der Waals surface area (Å²) >= 11 is 0. The van der Waals surface area contributed by atoms with Gasteiger partial charge in [0.15, 0.2) is 0 Å². The van der Waals surface area contributed by atoms with Crippen molar-refractivity contribution in [3.8, 4) is 0 Å². The molecule has 0 N–H and O–H groups in total. The fourth-order valence-electron chi connectivity index (χ4n) is 6.93. The molecule has 3 atom stereocenters. The number of hydrogen-bond donors (Lipinski definition) is 0. The molecule has 5 heteroatoms. The van der Waals surface area contributed by atoms with Crippen LogP contribution in [0.3, 0.4) is 0 Å². The van der Waals surface area contributed by atoms with Gasteiger partial charge in [0.05, 0.1) is 5.41 Å². The Labute approximate surface area is 261 Å². The van der Waals surface area contributed by atoms with Crippen LogP contribution < -0.4 is 0 Å². The summed E-state index contributed by atoms with van der Waals surface area (Å²) in [6.07, 6.45) is 13.4. The third kappa shape index (κ3) is 14.0. The molecule has 0 bridgehead atoms. The summed E-state index contributed by atoms with van der Waals surface area (Å²) < 4.78 is 12.5. The Bertz CT molecular complexity index is 779. The van der Waals surface area contributed by atoms with E-state index in [0.717, 1.165) is 51.5 Å². The molecule has 42 heavy (non-hydrogen) atoms. The minimum absolute atomic E-state index is 0.0710. The van der Waals surface area contributed by atoms with Crippen LogP contribution in [0.25, 0.3) is 0 Å². The van der Waals surface area contributed by atoms with Crippen molar-refractivity contribution < 1.29 is 19.1 Å². The fraction of sp³-hybridized carbons (Fsp3) is 0.892. The summed E-state index contributed by atoms with van der Waals surface area (Å²) in [6.45, 7) is 25.5. The molecule has 0 aliphatic carbocycles. The monoisotopic (exact) mass is 594 g/mol. The number of hydrogen-bond acceptors (Lipinski definition) is 5. The number of carbonyl (C=O) groups excluding carboxylic acids is 2. The van der Waals surface area contributed by atoms with E-state index in [1.807, 2.05) is 20.2 Å². The van der Waals surface area contributed by atoms with Crippen LogP contribution in [0.5, 0.6) is 0 Å². The quantitative estimate of drug-likeness (QED) is 0.0871. The van der Waals surface area contributed by atoms with Gasteiger partial charge >= 0.3 is 11.9 Å². The molecule has 0 aromatic rings. The van der Waals surface area contributed by atoms with Gasteiger partial charge in [0, 0.05) is 11.8 Å². The molecule has 0 fully saturated rings. The molecule has 0 spiro atoms. The summed E-state index contributed by atoms with van der Waals surface area (Å²) in [6, 6.07) is 0. The maximum absolute atomic E-state index is 13.8. The van der Waals surface area contributed by atoms with Gasteiger partial charge in [-0.25, -0.2) is 0 Å². The maximum Gasteiger partial charge on any atom is 0.312 e. The number of allylic oxidation sites excluding steroid dienone is 1. The first-order chi connectivity index (χ1) is 19.6. The number of nitrogens with zero attached hydrogens (tertiary/aromatic N) is 1. The maximum atomic E-state index is 13.8. The lowest BCUT2D eigenvalue weighted by Gasteiger charge is -2.46. The van der Waals surface area contributed by atoms with Crippen LogP contribution in [0.2, 0.25) is 0 Å². The van der Waals surface area contributed by atoms with Crippen molar-refractivity contribution in [2.75, 3.05) is 27.2 Å². The number of rotatable bonds is 23. The van der Waals surface area contributed by atoms with Crippen molar-refractivity contribution in [3.05, 3.63) is 12.2 Å². The van der Waals surface area contributed by atoms with Crippen molar-refractivity contribution >= 4 is 11.9 Å². The lowest BCUT2D eigenvalue weighted by atomic mass is 9.62. The van der Waals surface area contributed by atoms with Crippen molar-refractivity contribution in [1.29, 1.82) is 0 Å². The highest BCUT2D eigenvalue weighted by Crippen LogP contribution is 2.48. The molecule has 0 radical (unpaired) electrons. The van der Waals surface area contributed by atoms with Gasteiger partial charge in [-0.15, -0.1) is 0 Å². The lowest BCUT2D eigenvalue weighted by molar-refractivity contribution is -0.170. The molecule has 0 aliphatic rings. The van der Waals surface area contributed by atoms with Crippen LogP contribution in [0.4, 0.5) is 0 Å². The summed E-state index contributed by atoms with van der Waals surface area (Å²) in [7, 11) is 4.06. The Morgan fingerprint density at radius 1 is 0.881 bits per heavy atom. The first-order valence-electron chi connectivity index (χ1n) is 17.3. The minimum atomic E-state index is -0.616. The van der Waals surface area contributed by atoms with Crippen molar-refractivity contribution in [2.45, 2.75) is 153 Å². The standard InChI is InChI=1S/C37H71NO4/c1-14-30(15-2)26-31(16-3)33(42-32(39)22-20-24-38(12)13)36(11,17-4)28-37(18-5,19-6)34(40)41-25-21-23-35(9,10)27-29(7)8/h21,23,29-31,33H,14-20,22,24-28H2,1-13H3. The lowest BCUT2D eigenvalue weighted by Crippen LogP contribution is -2.47. The van der Waals surface area contributed by atoms with E-state index >= 15 is 0 Å². The Balaban J connectivity index is 6.17. The van der Waals surface area contributed by atoms with Gasteiger partial charge in [0.2, 0.25) is 0 Å². The van der Waals surface area contributed by atoms with E-state index in [1.54, 1.807) is 0 Å². The highest BCUT2D eigenvalue weighted by atomic mass is 16.5. The number of esters is 2. The van der Waals surface area contributed by atoms with Crippen LogP contribution in [-0.2, 0) is 19.1 Å².